The highest BCUT2D eigenvalue weighted by molar-refractivity contribution is 6.34. The molecule has 0 bridgehead atoms. The predicted molar refractivity (Wildman–Crippen MR) is 144 cm³/mol. The minimum absolute atomic E-state index is 0.0901. The zero-order valence-electron chi connectivity index (χ0n) is 20.3. The van der Waals surface area contributed by atoms with E-state index in [1.165, 1.54) is 18.2 Å². The molecule has 1 aliphatic heterocycles. The van der Waals surface area contributed by atoms with Crippen molar-refractivity contribution in [3.8, 4) is 11.1 Å². The number of benzene rings is 3. The van der Waals surface area contributed by atoms with Crippen molar-refractivity contribution in [2.24, 2.45) is 0 Å². The van der Waals surface area contributed by atoms with E-state index in [0.717, 1.165) is 48.2 Å². The largest absolute Gasteiger partial charge is 0.352 e. The quantitative estimate of drug-likeness (QED) is 0.379. The molecule has 2 amide bonds. The highest BCUT2D eigenvalue weighted by Crippen LogP contribution is 2.36. The number of carbonyl (C=O) groups excluding carboxylic acids is 2. The van der Waals surface area contributed by atoms with Gasteiger partial charge in [0, 0.05) is 34.9 Å². The molecule has 0 radical (unpaired) electrons. The van der Waals surface area contributed by atoms with Crippen LogP contribution in [0, 0.1) is 5.82 Å². The third kappa shape index (κ3) is 5.72. The fourth-order valence-electron chi connectivity index (χ4n) is 4.40. The monoisotopic (exact) mass is 527 g/mol. The van der Waals surface area contributed by atoms with Crippen LogP contribution in [-0.4, -0.2) is 50.4 Å². The number of anilines is 1. The third-order valence-electron chi connectivity index (χ3n) is 6.23. The van der Waals surface area contributed by atoms with Gasteiger partial charge in [0.2, 0.25) is 0 Å². The molecule has 0 aliphatic carbocycles. The van der Waals surface area contributed by atoms with Crippen molar-refractivity contribution in [2.75, 3.05) is 38.6 Å². The van der Waals surface area contributed by atoms with Crippen molar-refractivity contribution >= 4 is 40.7 Å². The Kier molecular flexibility index (Phi) is 8.29. The lowest BCUT2D eigenvalue weighted by Crippen LogP contribution is -2.36. The van der Waals surface area contributed by atoms with Gasteiger partial charge in [0.15, 0.2) is 0 Å². The van der Waals surface area contributed by atoms with E-state index in [1.54, 1.807) is 23.1 Å². The van der Waals surface area contributed by atoms with Crippen LogP contribution in [0.25, 0.3) is 11.1 Å². The minimum Gasteiger partial charge on any atom is -0.352 e. The molecule has 4 rings (SSSR count). The maximum absolute atomic E-state index is 14.4. The zero-order chi connectivity index (χ0) is 25.8. The summed E-state index contributed by atoms with van der Waals surface area (Å²) >= 11 is 12.7. The molecule has 0 spiro atoms. The van der Waals surface area contributed by atoms with Crippen LogP contribution in [0.3, 0.4) is 0 Å². The second kappa shape index (κ2) is 11.4. The number of amides is 2. The van der Waals surface area contributed by atoms with Gasteiger partial charge in [-0.2, -0.15) is 0 Å². The average Bonchev–Trinajstić information content (AvgIpc) is 2.85. The van der Waals surface area contributed by atoms with Crippen LogP contribution in [0.15, 0.2) is 54.6 Å². The Morgan fingerprint density at radius 2 is 1.86 bits per heavy atom. The van der Waals surface area contributed by atoms with Crippen molar-refractivity contribution < 1.29 is 14.0 Å². The molecule has 3 aromatic carbocycles. The van der Waals surface area contributed by atoms with Gasteiger partial charge in [-0.05, 0) is 93.5 Å². The Morgan fingerprint density at radius 3 is 2.61 bits per heavy atom. The van der Waals surface area contributed by atoms with E-state index >= 15 is 0 Å². The van der Waals surface area contributed by atoms with E-state index < -0.39 is 11.7 Å². The summed E-state index contributed by atoms with van der Waals surface area (Å²) in [5, 5.41) is 3.57. The van der Waals surface area contributed by atoms with Gasteiger partial charge in [0.1, 0.15) is 5.82 Å². The fraction of sp³-hybridized carbons (Fsp3) is 0.286. The molecule has 5 nitrogen and oxygen atoms in total. The lowest BCUT2D eigenvalue weighted by molar-refractivity contribution is 0.0950. The van der Waals surface area contributed by atoms with E-state index in [9.17, 15) is 14.0 Å². The second-order valence-electron chi connectivity index (χ2n) is 9.11. The Morgan fingerprint density at radius 1 is 1.06 bits per heavy atom. The molecule has 188 valence electrons. The summed E-state index contributed by atoms with van der Waals surface area (Å²) in [5.41, 5.74) is 3.67. The molecule has 0 saturated carbocycles. The number of carbonyl (C=O) groups is 2. The van der Waals surface area contributed by atoms with E-state index in [4.69, 9.17) is 23.2 Å². The second-order valence-corrected chi connectivity index (χ2v) is 9.92. The highest BCUT2D eigenvalue weighted by Gasteiger charge is 2.27. The van der Waals surface area contributed by atoms with Gasteiger partial charge in [-0.25, -0.2) is 4.39 Å². The van der Waals surface area contributed by atoms with Crippen LogP contribution in [0.4, 0.5) is 10.1 Å². The summed E-state index contributed by atoms with van der Waals surface area (Å²) < 4.78 is 14.4. The van der Waals surface area contributed by atoms with Gasteiger partial charge in [0.05, 0.1) is 10.6 Å². The average molecular weight is 528 g/mol. The van der Waals surface area contributed by atoms with Gasteiger partial charge < -0.3 is 15.1 Å². The van der Waals surface area contributed by atoms with Crippen LogP contribution in [0.2, 0.25) is 10.0 Å². The first kappa shape index (κ1) is 26.1. The van der Waals surface area contributed by atoms with Crippen LogP contribution in [0.5, 0.6) is 0 Å². The van der Waals surface area contributed by atoms with Crippen LogP contribution in [0.1, 0.15) is 39.1 Å². The third-order valence-corrected chi connectivity index (χ3v) is 6.87. The maximum Gasteiger partial charge on any atom is 0.262 e. The summed E-state index contributed by atoms with van der Waals surface area (Å²) in [4.78, 5) is 29.5. The smallest absolute Gasteiger partial charge is 0.262 e. The minimum atomic E-state index is -0.639. The maximum atomic E-state index is 14.4. The first-order chi connectivity index (χ1) is 17.3. The molecule has 1 aliphatic rings. The van der Waals surface area contributed by atoms with Crippen molar-refractivity contribution in [3.05, 3.63) is 87.2 Å². The van der Waals surface area contributed by atoms with E-state index in [1.807, 2.05) is 32.3 Å². The molecule has 36 heavy (non-hydrogen) atoms. The number of rotatable bonds is 7. The normalized spacial score (nSPS) is 13.0. The van der Waals surface area contributed by atoms with Crippen molar-refractivity contribution in [3.63, 3.8) is 0 Å². The number of hydrogen-bond donors (Lipinski definition) is 1. The summed E-state index contributed by atoms with van der Waals surface area (Å²) in [6.45, 7) is 1.95. The Hall–Kier alpha value is -2.93. The van der Waals surface area contributed by atoms with Crippen molar-refractivity contribution in [1.29, 1.82) is 0 Å². The zero-order valence-corrected chi connectivity index (χ0v) is 21.8. The molecule has 0 aromatic heterocycles. The van der Waals surface area contributed by atoms with E-state index in [2.05, 4.69) is 10.2 Å². The van der Waals surface area contributed by atoms with E-state index in [-0.39, 0.29) is 16.5 Å². The number of fused-ring (bicyclic) bond motifs is 1. The molecule has 3 aromatic rings. The molecule has 1 heterocycles. The van der Waals surface area contributed by atoms with Crippen LogP contribution >= 0.6 is 23.2 Å². The molecular weight excluding hydrogens is 500 g/mol. The lowest BCUT2D eigenvalue weighted by Gasteiger charge is -2.30. The van der Waals surface area contributed by atoms with E-state index in [0.29, 0.717) is 23.7 Å². The lowest BCUT2D eigenvalue weighted by atomic mass is 9.94. The molecule has 0 fully saturated rings. The SMILES string of the molecule is CN(C)CCCNC(=O)c1ccc(Cl)c(-c2ccc3c(c2)CCCN3C(=O)c2c(F)cccc2Cl)c1. The molecule has 0 unspecified atom stereocenters. The standard InChI is InChI=1S/C28H28Cl2FN3O2/c1-33(2)14-5-13-32-27(35)20-9-11-22(29)21(17-20)18-10-12-25-19(16-18)6-4-15-34(25)28(36)26-23(30)7-3-8-24(26)31/h3,7-12,16-17H,4-6,13-15H2,1-2H3,(H,32,35). The molecular formula is C28H28Cl2FN3O2. The fourth-order valence-corrected chi connectivity index (χ4v) is 4.87. The number of hydrogen-bond acceptors (Lipinski definition) is 3. The number of nitrogens with one attached hydrogen (secondary N) is 1. The van der Waals surface area contributed by atoms with Gasteiger partial charge in [0.25, 0.3) is 11.8 Å². The van der Waals surface area contributed by atoms with Gasteiger partial charge >= 0.3 is 0 Å². The van der Waals surface area contributed by atoms with Crippen molar-refractivity contribution in [1.82, 2.24) is 10.2 Å². The van der Waals surface area contributed by atoms with Gasteiger partial charge in [-0.3, -0.25) is 9.59 Å². The van der Waals surface area contributed by atoms with Gasteiger partial charge in [-0.1, -0.05) is 35.3 Å². The number of halogens is 3. The Balaban J connectivity index is 1.59. The number of nitrogens with zero attached hydrogens (tertiary/aromatic N) is 2. The van der Waals surface area contributed by atoms with Crippen LogP contribution < -0.4 is 10.2 Å². The Bertz CT molecular complexity index is 1280. The summed E-state index contributed by atoms with van der Waals surface area (Å²) in [7, 11) is 3.99. The first-order valence-electron chi connectivity index (χ1n) is 11.9. The first-order valence-corrected chi connectivity index (χ1v) is 12.6. The summed E-state index contributed by atoms with van der Waals surface area (Å²) in [6.07, 6.45) is 2.36. The topological polar surface area (TPSA) is 52.7 Å². The molecule has 0 saturated heterocycles. The van der Waals surface area contributed by atoms with Gasteiger partial charge in [-0.15, -0.1) is 0 Å². The molecule has 1 N–H and O–H groups in total. The van der Waals surface area contributed by atoms with Crippen molar-refractivity contribution in [2.45, 2.75) is 19.3 Å². The number of aryl methyl sites for hydroxylation is 1. The highest BCUT2D eigenvalue weighted by atomic mass is 35.5. The Labute approximate surface area is 220 Å². The molecule has 0 atom stereocenters. The summed E-state index contributed by atoms with van der Waals surface area (Å²) in [6, 6.07) is 15.2. The summed E-state index contributed by atoms with van der Waals surface area (Å²) in [5.74, 6) is -1.25. The molecule has 8 heteroatoms. The van der Waals surface area contributed by atoms with Crippen LogP contribution in [-0.2, 0) is 6.42 Å². The predicted octanol–water partition coefficient (Wildman–Crippen LogP) is 6.07.